The second-order valence-corrected chi connectivity index (χ2v) is 4.56. The van der Waals surface area contributed by atoms with Crippen molar-refractivity contribution in [1.82, 2.24) is 4.90 Å². The predicted octanol–water partition coefficient (Wildman–Crippen LogP) is 1.79. The van der Waals surface area contributed by atoms with Crippen LogP contribution in [0.2, 0.25) is 0 Å². The van der Waals surface area contributed by atoms with E-state index in [2.05, 4.69) is 13.8 Å². The molecule has 90 valence electrons. The maximum absolute atomic E-state index is 10.9. The summed E-state index contributed by atoms with van der Waals surface area (Å²) < 4.78 is 0. The summed E-state index contributed by atoms with van der Waals surface area (Å²) >= 11 is 0. The lowest BCUT2D eigenvalue weighted by molar-refractivity contribution is -0.122. The monoisotopic (exact) mass is 234 g/mol. The fourth-order valence-electron chi connectivity index (χ4n) is 2.31. The lowest BCUT2D eigenvalue weighted by atomic mass is 9.85. The van der Waals surface area contributed by atoms with Crippen molar-refractivity contribution in [2.45, 2.75) is 51.6 Å². The van der Waals surface area contributed by atoms with Crippen molar-refractivity contribution in [3.63, 3.8) is 0 Å². The van der Waals surface area contributed by atoms with Crippen LogP contribution in [0.3, 0.4) is 0 Å². The highest BCUT2D eigenvalue weighted by Crippen LogP contribution is 2.27. The fraction of sp³-hybridized carbons (Fsp3) is 0.909. The molecular formula is C11H23ClN2O. The number of hydrogen-bond acceptors (Lipinski definition) is 2. The Kier molecular flexibility index (Phi) is 6.94. The van der Waals surface area contributed by atoms with Crippen molar-refractivity contribution in [1.29, 1.82) is 0 Å². The molecule has 1 aliphatic rings. The van der Waals surface area contributed by atoms with E-state index in [0.717, 1.165) is 25.8 Å². The molecule has 1 amide bonds. The number of amides is 1. The molecule has 1 fully saturated rings. The minimum atomic E-state index is 0. The third-order valence-corrected chi connectivity index (χ3v) is 3.29. The molecule has 0 saturated heterocycles. The van der Waals surface area contributed by atoms with Gasteiger partial charge in [0.05, 0.1) is 0 Å². The summed E-state index contributed by atoms with van der Waals surface area (Å²) in [7, 11) is 0. The fourth-order valence-corrected chi connectivity index (χ4v) is 2.31. The van der Waals surface area contributed by atoms with Crippen molar-refractivity contribution in [2.75, 3.05) is 6.54 Å². The summed E-state index contributed by atoms with van der Waals surface area (Å²) in [6.45, 7) is 4.95. The Morgan fingerprint density at radius 1 is 1.33 bits per heavy atom. The van der Waals surface area contributed by atoms with Crippen molar-refractivity contribution in [3.8, 4) is 0 Å². The van der Waals surface area contributed by atoms with Gasteiger partial charge in [-0.25, -0.2) is 0 Å². The van der Waals surface area contributed by atoms with Crippen LogP contribution in [0.1, 0.15) is 39.5 Å². The van der Waals surface area contributed by atoms with E-state index < -0.39 is 0 Å². The summed E-state index contributed by atoms with van der Waals surface area (Å²) in [6, 6.07) is 0.780. The Hall–Kier alpha value is -0.280. The van der Waals surface area contributed by atoms with Gasteiger partial charge in [0.2, 0.25) is 6.41 Å². The number of halogens is 1. The highest BCUT2D eigenvalue weighted by atomic mass is 35.5. The molecule has 0 unspecified atom stereocenters. The van der Waals surface area contributed by atoms with Gasteiger partial charge in [-0.1, -0.05) is 0 Å². The smallest absolute Gasteiger partial charge is 0.210 e. The van der Waals surface area contributed by atoms with Crippen LogP contribution in [0.25, 0.3) is 0 Å². The van der Waals surface area contributed by atoms with E-state index in [4.69, 9.17) is 5.73 Å². The Labute approximate surface area is 98.8 Å². The molecule has 1 rings (SSSR count). The third-order valence-electron chi connectivity index (χ3n) is 3.29. The first-order valence-corrected chi connectivity index (χ1v) is 5.61. The van der Waals surface area contributed by atoms with E-state index in [1.54, 1.807) is 0 Å². The van der Waals surface area contributed by atoms with Crippen LogP contribution in [0.15, 0.2) is 0 Å². The average molecular weight is 235 g/mol. The third kappa shape index (κ3) is 3.99. The summed E-state index contributed by atoms with van der Waals surface area (Å²) in [5.41, 5.74) is 5.63. The van der Waals surface area contributed by atoms with Crippen molar-refractivity contribution >= 4 is 18.8 Å². The highest BCUT2D eigenvalue weighted by Gasteiger charge is 2.25. The van der Waals surface area contributed by atoms with Gasteiger partial charge in [0, 0.05) is 12.1 Å². The maximum atomic E-state index is 10.9. The zero-order valence-corrected chi connectivity index (χ0v) is 10.5. The minimum Gasteiger partial charge on any atom is -0.340 e. The summed E-state index contributed by atoms with van der Waals surface area (Å²) in [6.07, 6.45) is 5.60. The van der Waals surface area contributed by atoms with Gasteiger partial charge in [-0.15, -0.1) is 12.4 Å². The average Bonchev–Trinajstić information content (AvgIpc) is 2.19. The van der Waals surface area contributed by atoms with Crippen molar-refractivity contribution < 1.29 is 4.79 Å². The van der Waals surface area contributed by atoms with Gasteiger partial charge in [-0.2, -0.15) is 0 Å². The summed E-state index contributed by atoms with van der Waals surface area (Å²) in [4.78, 5) is 12.8. The molecular weight excluding hydrogens is 212 g/mol. The number of nitrogens with two attached hydrogens (primary N) is 1. The van der Waals surface area contributed by atoms with E-state index >= 15 is 0 Å². The zero-order valence-electron chi connectivity index (χ0n) is 9.69. The largest absolute Gasteiger partial charge is 0.340 e. The molecule has 1 saturated carbocycles. The molecule has 1 aliphatic carbocycles. The maximum Gasteiger partial charge on any atom is 0.210 e. The molecule has 15 heavy (non-hydrogen) atoms. The Morgan fingerprint density at radius 3 is 2.20 bits per heavy atom. The van der Waals surface area contributed by atoms with Gasteiger partial charge < -0.3 is 10.6 Å². The quantitative estimate of drug-likeness (QED) is 0.754. The van der Waals surface area contributed by atoms with Crippen LogP contribution in [0, 0.1) is 5.92 Å². The molecule has 0 radical (unpaired) electrons. The molecule has 3 nitrogen and oxygen atoms in total. The Bertz CT molecular complexity index is 179. The first-order chi connectivity index (χ1) is 6.69. The Morgan fingerprint density at radius 2 is 1.87 bits per heavy atom. The van der Waals surface area contributed by atoms with Gasteiger partial charge in [-0.05, 0) is 52.0 Å². The van der Waals surface area contributed by atoms with Gasteiger partial charge in [-0.3, -0.25) is 4.79 Å². The number of carbonyl (C=O) groups excluding carboxylic acids is 1. The van der Waals surface area contributed by atoms with Crippen LogP contribution in [0.4, 0.5) is 0 Å². The van der Waals surface area contributed by atoms with Crippen molar-refractivity contribution in [3.05, 3.63) is 0 Å². The van der Waals surface area contributed by atoms with Crippen LogP contribution in [-0.4, -0.2) is 29.9 Å². The number of carbonyl (C=O) groups is 1. The van der Waals surface area contributed by atoms with Crippen LogP contribution in [0.5, 0.6) is 0 Å². The van der Waals surface area contributed by atoms with E-state index in [9.17, 15) is 4.79 Å². The molecule has 0 aromatic carbocycles. The Balaban J connectivity index is 0.00000196. The van der Waals surface area contributed by atoms with E-state index in [1.165, 1.54) is 12.8 Å². The van der Waals surface area contributed by atoms with Gasteiger partial charge in [0.25, 0.3) is 0 Å². The number of rotatable bonds is 4. The molecule has 0 atom stereocenters. The molecule has 0 aliphatic heterocycles. The lowest BCUT2D eigenvalue weighted by Crippen LogP contribution is -2.42. The topological polar surface area (TPSA) is 46.3 Å². The van der Waals surface area contributed by atoms with E-state index in [1.807, 2.05) is 4.90 Å². The lowest BCUT2D eigenvalue weighted by Gasteiger charge is -2.36. The zero-order chi connectivity index (χ0) is 10.6. The van der Waals surface area contributed by atoms with E-state index in [-0.39, 0.29) is 12.4 Å². The standard InChI is InChI=1S/C11H22N2O.ClH/c1-9(2)13(8-14)11-5-3-10(7-12)4-6-11;/h8-11H,3-7,12H2,1-2H3;1H. The first-order valence-electron chi connectivity index (χ1n) is 5.61. The molecule has 0 spiro atoms. The minimum absolute atomic E-state index is 0. The molecule has 2 N–H and O–H groups in total. The number of hydrogen-bond donors (Lipinski definition) is 1. The second-order valence-electron chi connectivity index (χ2n) is 4.56. The molecule has 0 aromatic rings. The predicted molar refractivity (Wildman–Crippen MR) is 65.1 cm³/mol. The molecule has 0 heterocycles. The molecule has 0 aromatic heterocycles. The van der Waals surface area contributed by atoms with Crippen LogP contribution < -0.4 is 5.73 Å². The van der Waals surface area contributed by atoms with Crippen molar-refractivity contribution in [2.24, 2.45) is 11.7 Å². The van der Waals surface area contributed by atoms with Gasteiger partial charge in [0.15, 0.2) is 0 Å². The SMILES string of the molecule is CC(C)N(C=O)C1CCC(CN)CC1.Cl. The number of nitrogens with zero attached hydrogens (tertiary/aromatic N) is 1. The highest BCUT2D eigenvalue weighted by molar-refractivity contribution is 5.85. The normalized spacial score (nSPS) is 25.9. The van der Waals surface area contributed by atoms with E-state index in [0.29, 0.717) is 18.0 Å². The molecule has 0 bridgehead atoms. The summed E-state index contributed by atoms with van der Waals surface area (Å²) in [5.74, 6) is 0.687. The van der Waals surface area contributed by atoms with Gasteiger partial charge in [0.1, 0.15) is 0 Å². The molecule has 4 heteroatoms. The summed E-state index contributed by atoms with van der Waals surface area (Å²) in [5, 5.41) is 0. The van der Waals surface area contributed by atoms with Crippen LogP contribution >= 0.6 is 12.4 Å². The second kappa shape index (κ2) is 7.07. The van der Waals surface area contributed by atoms with Gasteiger partial charge >= 0.3 is 0 Å². The first kappa shape index (κ1) is 14.7. The van der Waals surface area contributed by atoms with Crippen LogP contribution in [-0.2, 0) is 4.79 Å².